The van der Waals surface area contributed by atoms with Crippen molar-refractivity contribution in [3.05, 3.63) is 77.2 Å². The van der Waals surface area contributed by atoms with Crippen molar-refractivity contribution >= 4 is 11.6 Å². The van der Waals surface area contributed by atoms with Crippen LogP contribution in [0, 0.1) is 12.7 Å². The number of carbonyl (C=O) groups excluding carboxylic acids is 1. The molecule has 0 saturated carbocycles. The molecule has 110 valence electrons. The summed E-state index contributed by atoms with van der Waals surface area (Å²) in [5.41, 5.74) is 8.03. The Labute approximate surface area is 127 Å². The monoisotopic (exact) mass is 295 g/mol. The highest BCUT2D eigenvalue weighted by Crippen LogP contribution is 2.22. The highest BCUT2D eigenvalue weighted by atomic mass is 19.1. The molecule has 3 rings (SSSR count). The molecule has 0 aliphatic heterocycles. The van der Waals surface area contributed by atoms with Gasteiger partial charge in [0.1, 0.15) is 17.3 Å². The number of rotatable bonds is 3. The summed E-state index contributed by atoms with van der Waals surface area (Å²) < 4.78 is 15.1. The van der Waals surface area contributed by atoms with E-state index in [9.17, 15) is 9.18 Å². The number of aryl methyl sites for hydroxylation is 1. The van der Waals surface area contributed by atoms with Gasteiger partial charge >= 0.3 is 0 Å². The predicted octanol–water partition coefficient (Wildman–Crippen LogP) is 3.13. The average molecular weight is 295 g/mol. The third kappa shape index (κ3) is 2.37. The van der Waals surface area contributed by atoms with Crippen LogP contribution in [-0.2, 0) is 0 Å². The van der Waals surface area contributed by atoms with Crippen molar-refractivity contribution < 1.29 is 9.18 Å². The zero-order valence-electron chi connectivity index (χ0n) is 12.0. The molecule has 1 heterocycles. The van der Waals surface area contributed by atoms with Gasteiger partial charge in [0.05, 0.1) is 11.8 Å². The molecule has 0 amide bonds. The van der Waals surface area contributed by atoms with Crippen molar-refractivity contribution in [1.82, 2.24) is 9.78 Å². The average Bonchev–Trinajstić information content (AvgIpc) is 2.89. The second-order valence-corrected chi connectivity index (χ2v) is 5.00. The minimum absolute atomic E-state index is 0.121. The van der Waals surface area contributed by atoms with Gasteiger partial charge in [0.15, 0.2) is 5.78 Å². The number of hydrogen-bond acceptors (Lipinski definition) is 3. The Balaban J connectivity index is 2.02. The zero-order valence-corrected chi connectivity index (χ0v) is 12.0. The van der Waals surface area contributed by atoms with E-state index in [2.05, 4.69) is 5.10 Å². The van der Waals surface area contributed by atoms with Crippen molar-refractivity contribution in [2.75, 3.05) is 5.73 Å². The Morgan fingerprint density at radius 3 is 2.50 bits per heavy atom. The van der Waals surface area contributed by atoms with Crippen molar-refractivity contribution in [2.24, 2.45) is 0 Å². The predicted molar refractivity (Wildman–Crippen MR) is 82.5 cm³/mol. The van der Waals surface area contributed by atoms with E-state index < -0.39 is 5.82 Å². The second kappa shape index (κ2) is 5.44. The Kier molecular flexibility index (Phi) is 3.47. The molecular formula is C17H14FN3O. The maximum atomic E-state index is 13.8. The first-order valence-electron chi connectivity index (χ1n) is 6.77. The number of anilines is 1. The summed E-state index contributed by atoms with van der Waals surface area (Å²) in [4.78, 5) is 12.5. The Bertz CT molecular complexity index is 837. The van der Waals surface area contributed by atoms with E-state index >= 15 is 0 Å². The number of nitrogens with two attached hydrogens (primary N) is 1. The van der Waals surface area contributed by atoms with Crippen LogP contribution in [-0.4, -0.2) is 15.6 Å². The van der Waals surface area contributed by atoms with Gasteiger partial charge in [0.2, 0.25) is 0 Å². The number of carbonyl (C=O) groups is 1. The molecule has 1 aromatic heterocycles. The lowest BCUT2D eigenvalue weighted by Gasteiger charge is -2.06. The number of benzene rings is 2. The number of ketones is 1. The molecule has 22 heavy (non-hydrogen) atoms. The van der Waals surface area contributed by atoms with Gasteiger partial charge in [-0.2, -0.15) is 5.10 Å². The third-order valence-electron chi connectivity index (χ3n) is 3.45. The summed E-state index contributed by atoms with van der Waals surface area (Å²) in [6.07, 6.45) is 1.37. The van der Waals surface area contributed by atoms with Crippen molar-refractivity contribution in [3.63, 3.8) is 0 Å². The number of halogens is 1. The lowest BCUT2D eigenvalue weighted by molar-refractivity contribution is 0.103. The van der Waals surface area contributed by atoms with E-state index in [0.29, 0.717) is 5.56 Å². The Morgan fingerprint density at radius 1 is 1.14 bits per heavy atom. The third-order valence-corrected chi connectivity index (χ3v) is 3.45. The van der Waals surface area contributed by atoms with Gasteiger partial charge in [0, 0.05) is 5.56 Å². The molecule has 0 unspecified atom stereocenters. The fourth-order valence-corrected chi connectivity index (χ4v) is 2.21. The van der Waals surface area contributed by atoms with Crippen molar-refractivity contribution in [3.8, 4) is 5.69 Å². The van der Waals surface area contributed by atoms with Crippen LogP contribution in [0.15, 0.2) is 54.7 Å². The molecule has 0 bridgehead atoms. The molecule has 0 radical (unpaired) electrons. The van der Waals surface area contributed by atoms with Gasteiger partial charge < -0.3 is 5.73 Å². The van der Waals surface area contributed by atoms with Crippen LogP contribution in [0.2, 0.25) is 0 Å². The van der Waals surface area contributed by atoms with Gasteiger partial charge in [-0.1, -0.05) is 42.0 Å². The molecular weight excluding hydrogens is 281 g/mol. The largest absolute Gasteiger partial charge is 0.383 e. The van der Waals surface area contributed by atoms with E-state index in [0.717, 1.165) is 5.56 Å². The Hall–Kier alpha value is -2.95. The lowest BCUT2D eigenvalue weighted by Crippen LogP contribution is -2.08. The summed E-state index contributed by atoms with van der Waals surface area (Å²) in [5, 5.41) is 4.04. The molecule has 5 heteroatoms. The normalized spacial score (nSPS) is 10.6. The first kappa shape index (κ1) is 14.0. The molecule has 2 aromatic carbocycles. The van der Waals surface area contributed by atoms with Crippen LogP contribution < -0.4 is 5.73 Å². The number of para-hydroxylation sites is 1. The summed E-state index contributed by atoms with van der Waals surface area (Å²) in [6, 6.07) is 13.3. The fourth-order valence-electron chi connectivity index (χ4n) is 2.21. The van der Waals surface area contributed by atoms with Crippen LogP contribution in [0.25, 0.3) is 5.69 Å². The van der Waals surface area contributed by atoms with Gasteiger partial charge in [-0.05, 0) is 19.1 Å². The topological polar surface area (TPSA) is 60.9 Å². The minimum atomic E-state index is -0.452. The smallest absolute Gasteiger partial charge is 0.198 e. The number of nitrogens with zero attached hydrogens (tertiary/aromatic N) is 2. The summed E-state index contributed by atoms with van der Waals surface area (Å²) in [5.74, 6) is -0.567. The van der Waals surface area contributed by atoms with E-state index in [1.807, 2.05) is 19.1 Å². The molecule has 4 nitrogen and oxygen atoms in total. The van der Waals surface area contributed by atoms with Gasteiger partial charge in [-0.15, -0.1) is 0 Å². The van der Waals surface area contributed by atoms with Gasteiger partial charge in [-0.3, -0.25) is 4.79 Å². The quantitative estimate of drug-likeness (QED) is 0.755. The number of hydrogen-bond donors (Lipinski definition) is 1. The fraction of sp³-hybridized carbons (Fsp3) is 0.0588. The van der Waals surface area contributed by atoms with Gasteiger partial charge in [0.25, 0.3) is 0 Å². The first-order chi connectivity index (χ1) is 10.6. The van der Waals surface area contributed by atoms with Crippen LogP contribution in [0.3, 0.4) is 0 Å². The molecule has 0 spiro atoms. The maximum Gasteiger partial charge on any atom is 0.198 e. The molecule has 0 aliphatic rings. The van der Waals surface area contributed by atoms with E-state index in [-0.39, 0.29) is 22.9 Å². The SMILES string of the molecule is Cc1ccc(C(=O)c2cnn(-c3ccccc3F)c2N)cc1. The molecule has 2 N–H and O–H groups in total. The highest BCUT2D eigenvalue weighted by Gasteiger charge is 2.18. The van der Waals surface area contributed by atoms with Crippen LogP contribution >= 0.6 is 0 Å². The van der Waals surface area contributed by atoms with E-state index in [1.165, 1.54) is 16.9 Å². The van der Waals surface area contributed by atoms with Crippen LogP contribution in [0.4, 0.5) is 10.2 Å². The lowest BCUT2D eigenvalue weighted by atomic mass is 10.0. The van der Waals surface area contributed by atoms with Crippen molar-refractivity contribution in [1.29, 1.82) is 0 Å². The van der Waals surface area contributed by atoms with Gasteiger partial charge in [-0.25, -0.2) is 9.07 Å². The summed E-state index contributed by atoms with van der Waals surface area (Å²) in [6.45, 7) is 1.94. The number of nitrogen functional groups attached to an aromatic ring is 1. The molecule has 3 aromatic rings. The van der Waals surface area contributed by atoms with Crippen molar-refractivity contribution in [2.45, 2.75) is 6.92 Å². The first-order valence-corrected chi connectivity index (χ1v) is 6.77. The van der Waals surface area contributed by atoms with E-state index in [1.54, 1.807) is 30.3 Å². The minimum Gasteiger partial charge on any atom is -0.383 e. The maximum absolute atomic E-state index is 13.8. The summed E-state index contributed by atoms with van der Waals surface area (Å²) in [7, 11) is 0. The van der Waals surface area contributed by atoms with E-state index in [4.69, 9.17) is 5.73 Å². The Morgan fingerprint density at radius 2 is 1.82 bits per heavy atom. The van der Waals surface area contributed by atoms with Crippen LogP contribution in [0.5, 0.6) is 0 Å². The summed E-state index contributed by atoms with van der Waals surface area (Å²) >= 11 is 0. The second-order valence-electron chi connectivity index (χ2n) is 5.00. The zero-order chi connectivity index (χ0) is 15.7. The van der Waals surface area contributed by atoms with Crippen LogP contribution in [0.1, 0.15) is 21.5 Å². The standard InChI is InChI=1S/C17H14FN3O/c1-11-6-8-12(9-7-11)16(22)13-10-20-21(17(13)19)15-5-3-2-4-14(15)18/h2-10H,19H2,1H3. The molecule has 0 aliphatic carbocycles. The number of aromatic nitrogens is 2. The highest BCUT2D eigenvalue weighted by molar-refractivity contribution is 6.11. The molecule has 0 atom stereocenters. The molecule has 0 fully saturated rings. The molecule has 0 saturated heterocycles.